The van der Waals surface area contributed by atoms with Crippen molar-refractivity contribution >= 4 is 40.3 Å². The SMILES string of the molecule is Cc1cc(Cl)cc(Sc2nc3c(N)nc(F)nc3n2CCCNC(C)(C)C)c1. The first kappa shape index (κ1) is 20.8. The summed E-state index contributed by atoms with van der Waals surface area (Å²) in [7, 11) is 0. The molecular formula is C19H24ClFN6S. The molecule has 0 atom stereocenters. The molecule has 2 aromatic heterocycles. The fourth-order valence-electron chi connectivity index (χ4n) is 2.82. The van der Waals surface area contributed by atoms with Crippen molar-refractivity contribution in [2.24, 2.45) is 0 Å². The van der Waals surface area contributed by atoms with Crippen molar-refractivity contribution in [2.75, 3.05) is 12.3 Å². The molecule has 0 aliphatic rings. The molecule has 0 aliphatic carbocycles. The number of nitrogens with two attached hydrogens (primary N) is 1. The van der Waals surface area contributed by atoms with Crippen LogP contribution < -0.4 is 11.1 Å². The third-order valence-electron chi connectivity index (χ3n) is 4.00. The minimum atomic E-state index is -0.853. The molecule has 0 fully saturated rings. The van der Waals surface area contributed by atoms with Crippen LogP contribution in [-0.4, -0.2) is 31.6 Å². The Bertz CT molecular complexity index is 978. The van der Waals surface area contributed by atoms with Crippen LogP contribution in [-0.2, 0) is 6.54 Å². The zero-order valence-electron chi connectivity index (χ0n) is 16.4. The van der Waals surface area contributed by atoms with Crippen LogP contribution in [0.4, 0.5) is 10.2 Å². The van der Waals surface area contributed by atoms with E-state index in [0.29, 0.717) is 27.9 Å². The van der Waals surface area contributed by atoms with Crippen LogP contribution in [0.5, 0.6) is 0 Å². The summed E-state index contributed by atoms with van der Waals surface area (Å²) >= 11 is 7.63. The van der Waals surface area contributed by atoms with Crippen LogP contribution in [0.1, 0.15) is 32.8 Å². The molecule has 0 amide bonds. The molecular weight excluding hydrogens is 399 g/mol. The average molecular weight is 423 g/mol. The topological polar surface area (TPSA) is 81.7 Å². The van der Waals surface area contributed by atoms with Crippen molar-refractivity contribution in [1.29, 1.82) is 0 Å². The van der Waals surface area contributed by atoms with Crippen LogP contribution in [0, 0.1) is 13.0 Å². The number of imidazole rings is 1. The molecule has 6 nitrogen and oxygen atoms in total. The lowest BCUT2D eigenvalue weighted by Gasteiger charge is -2.20. The summed E-state index contributed by atoms with van der Waals surface area (Å²) in [5.74, 6) is 0.0400. The second kappa shape index (κ2) is 8.23. The van der Waals surface area contributed by atoms with Gasteiger partial charge in [0.2, 0.25) is 0 Å². The molecule has 0 spiro atoms. The first-order chi connectivity index (χ1) is 13.1. The summed E-state index contributed by atoms with van der Waals surface area (Å²) in [6, 6.07) is 5.79. The Balaban J connectivity index is 1.94. The van der Waals surface area contributed by atoms with Gasteiger partial charge in [0.05, 0.1) is 0 Å². The van der Waals surface area contributed by atoms with E-state index in [1.54, 1.807) is 0 Å². The van der Waals surface area contributed by atoms with Crippen molar-refractivity contribution < 1.29 is 4.39 Å². The normalized spacial score (nSPS) is 12.1. The lowest BCUT2D eigenvalue weighted by atomic mass is 10.1. The van der Waals surface area contributed by atoms with E-state index in [-0.39, 0.29) is 11.4 Å². The number of nitrogen functional groups attached to an aromatic ring is 1. The summed E-state index contributed by atoms with van der Waals surface area (Å²) in [4.78, 5) is 13.1. The molecule has 0 bridgehead atoms. The van der Waals surface area contributed by atoms with E-state index < -0.39 is 6.08 Å². The molecule has 28 heavy (non-hydrogen) atoms. The van der Waals surface area contributed by atoms with E-state index in [2.05, 4.69) is 41.0 Å². The zero-order valence-corrected chi connectivity index (χ0v) is 18.0. The standard InChI is InChI=1S/C19H24ClFN6S/c1-11-8-12(20)10-13(9-11)28-18-24-14-15(22)25-17(21)26-16(14)27(18)7-5-6-23-19(2,3)4/h8-10,23H,5-7H2,1-4H3,(H2,22,25,26). The van der Waals surface area contributed by atoms with E-state index in [4.69, 9.17) is 17.3 Å². The minimum Gasteiger partial charge on any atom is -0.382 e. The van der Waals surface area contributed by atoms with Gasteiger partial charge in [-0.05, 0) is 64.4 Å². The predicted molar refractivity (Wildman–Crippen MR) is 112 cm³/mol. The maximum atomic E-state index is 13.8. The molecule has 0 saturated carbocycles. The number of benzene rings is 1. The molecule has 0 unspecified atom stereocenters. The van der Waals surface area contributed by atoms with Crippen molar-refractivity contribution in [3.8, 4) is 0 Å². The van der Waals surface area contributed by atoms with E-state index in [1.807, 2.05) is 29.7 Å². The molecule has 0 aliphatic heterocycles. The second-order valence-electron chi connectivity index (χ2n) is 7.69. The molecule has 9 heteroatoms. The number of nitrogens with one attached hydrogen (secondary N) is 1. The third-order valence-corrected chi connectivity index (χ3v) is 5.18. The second-order valence-corrected chi connectivity index (χ2v) is 9.17. The monoisotopic (exact) mass is 422 g/mol. The highest BCUT2D eigenvalue weighted by Gasteiger charge is 2.18. The molecule has 3 rings (SSSR count). The number of fused-ring (bicyclic) bond motifs is 1. The molecule has 150 valence electrons. The van der Waals surface area contributed by atoms with Crippen molar-refractivity contribution in [2.45, 2.75) is 56.3 Å². The number of hydrogen-bond donors (Lipinski definition) is 2. The number of hydrogen-bond acceptors (Lipinski definition) is 6. The fraction of sp³-hybridized carbons (Fsp3) is 0.421. The van der Waals surface area contributed by atoms with Gasteiger partial charge in [-0.15, -0.1) is 0 Å². The summed E-state index contributed by atoms with van der Waals surface area (Å²) in [5.41, 5.74) is 7.78. The van der Waals surface area contributed by atoms with Gasteiger partial charge in [0.25, 0.3) is 0 Å². The lowest BCUT2D eigenvalue weighted by molar-refractivity contribution is 0.411. The largest absolute Gasteiger partial charge is 0.382 e. The quantitative estimate of drug-likeness (QED) is 0.451. The smallest absolute Gasteiger partial charge is 0.312 e. The van der Waals surface area contributed by atoms with Gasteiger partial charge in [0.15, 0.2) is 22.1 Å². The highest BCUT2D eigenvalue weighted by atomic mass is 35.5. The third kappa shape index (κ3) is 5.12. The van der Waals surface area contributed by atoms with Crippen molar-refractivity contribution in [1.82, 2.24) is 24.8 Å². The van der Waals surface area contributed by atoms with E-state index in [1.165, 1.54) is 11.8 Å². The Morgan fingerprint density at radius 3 is 2.64 bits per heavy atom. The average Bonchev–Trinajstić information content (AvgIpc) is 2.87. The van der Waals surface area contributed by atoms with E-state index in [0.717, 1.165) is 23.4 Å². The van der Waals surface area contributed by atoms with Gasteiger partial charge in [-0.2, -0.15) is 14.4 Å². The van der Waals surface area contributed by atoms with Crippen LogP contribution in [0.15, 0.2) is 28.3 Å². The Labute approximate surface area is 173 Å². The van der Waals surface area contributed by atoms with Crippen LogP contribution in [0.25, 0.3) is 11.2 Å². The number of aromatic nitrogens is 4. The first-order valence-corrected chi connectivity index (χ1v) is 10.2. The van der Waals surface area contributed by atoms with Gasteiger partial charge in [-0.3, -0.25) is 0 Å². The first-order valence-electron chi connectivity index (χ1n) is 9.02. The number of nitrogens with zero attached hydrogens (tertiary/aromatic N) is 4. The molecule has 2 heterocycles. The predicted octanol–water partition coefficient (Wildman–Crippen LogP) is 4.44. The van der Waals surface area contributed by atoms with Gasteiger partial charge in [-0.25, -0.2) is 4.98 Å². The number of anilines is 1. The molecule has 3 aromatic rings. The maximum Gasteiger partial charge on any atom is 0.312 e. The highest BCUT2D eigenvalue weighted by Crippen LogP contribution is 2.33. The van der Waals surface area contributed by atoms with Gasteiger partial charge < -0.3 is 15.6 Å². The molecule has 1 aromatic carbocycles. The maximum absolute atomic E-state index is 13.8. The Morgan fingerprint density at radius 2 is 1.96 bits per heavy atom. The van der Waals surface area contributed by atoms with Crippen molar-refractivity contribution in [3.05, 3.63) is 34.9 Å². The molecule has 3 N–H and O–H groups in total. The van der Waals surface area contributed by atoms with Crippen LogP contribution in [0.2, 0.25) is 5.02 Å². The zero-order chi connectivity index (χ0) is 20.5. The summed E-state index contributed by atoms with van der Waals surface area (Å²) in [6.45, 7) is 9.77. The van der Waals surface area contributed by atoms with Gasteiger partial charge in [-0.1, -0.05) is 23.4 Å². The highest BCUT2D eigenvalue weighted by molar-refractivity contribution is 7.99. The minimum absolute atomic E-state index is 0.0333. The number of halogens is 2. The van der Waals surface area contributed by atoms with Crippen LogP contribution in [0.3, 0.4) is 0 Å². The Morgan fingerprint density at radius 1 is 1.21 bits per heavy atom. The van der Waals surface area contributed by atoms with Crippen LogP contribution >= 0.6 is 23.4 Å². The summed E-state index contributed by atoms with van der Waals surface area (Å²) in [6.07, 6.45) is -0.0229. The van der Waals surface area contributed by atoms with E-state index in [9.17, 15) is 4.39 Å². The summed E-state index contributed by atoms with van der Waals surface area (Å²) < 4.78 is 15.7. The van der Waals surface area contributed by atoms with Gasteiger partial charge in [0, 0.05) is 22.0 Å². The molecule has 0 radical (unpaired) electrons. The number of rotatable bonds is 6. The van der Waals surface area contributed by atoms with Crippen molar-refractivity contribution in [3.63, 3.8) is 0 Å². The Hall–Kier alpha value is -1.90. The van der Waals surface area contributed by atoms with Gasteiger partial charge in [0.1, 0.15) is 0 Å². The molecule has 0 saturated heterocycles. The lowest BCUT2D eigenvalue weighted by Crippen LogP contribution is -2.36. The van der Waals surface area contributed by atoms with E-state index >= 15 is 0 Å². The summed E-state index contributed by atoms with van der Waals surface area (Å²) in [5, 5.41) is 4.79. The Kier molecular flexibility index (Phi) is 6.12. The fourth-order valence-corrected chi connectivity index (χ4v) is 4.24. The number of aryl methyl sites for hydroxylation is 2. The van der Waals surface area contributed by atoms with Gasteiger partial charge >= 0.3 is 6.08 Å².